The van der Waals surface area contributed by atoms with Gasteiger partial charge in [0.05, 0.1) is 11.6 Å². The maximum atomic E-state index is 13.0. The number of anilines is 1. The smallest absolute Gasteiger partial charge is 0.411 e. The highest BCUT2D eigenvalue weighted by atomic mass is 16.5. The summed E-state index contributed by atoms with van der Waals surface area (Å²) in [5, 5.41) is 11.7. The Labute approximate surface area is 193 Å². The van der Waals surface area contributed by atoms with Gasteiger partial charge in [0.2, 0.25) is 0 Å². The lowest BCUT2D eigenvalue weighted by atomic mass is 9.89. The number of nitriles is 1. The first-order valence-electron chi connectivity index (χ1n) is 11.0. The number of piperidine rings is 1. The van der Waals surface area contributed by atoms with Crippen LogP contribution < -0.4 is 5.32 Å². The lowest BCUT2D eigenvalue weighted by Gasteiger charge is -2.32. The van der Waals surface area contributed by atoms with Crippen molar-refractivity contribution in [2.45, 2.75) is 25.4 Å². The molecule has 33 heavy (non-hydrogen) atoms. The van der Waals surface area contributed by atoms with Gasteiger partial charge in [-0.25, -0.2) is 4.79 Å². The minimum atomic E-state index is -0.563. The first-order valence-corrected chi connectivity index (χ1v) is 11.0. The number of amides is 2. The van der Waals surface area contributed by atoms with Crippen molar-refractivity contribution in [1.29, 1.82) is 5.26 Å². The summed E-state index contributed by atoms with van der Waals surface area (Å²) < 4.78 is 5.25. The summed E-state index contributed by atoms with van der Waals surface area (Å²) in [6.07, 6.45) is 1.19. The fourth-order valence-electron chi connectivity index (χ4n) is 4.04. The molecular weight excluding hydrogens is 414 g/mol. The van der Waals surface area contributed by atoms with Crippen LogP contribution in [0.15, 0.2) is 78.9 Å². The number of hydrogen-bond donors (Lipinski definition) is 1. The van der Waals surface area contributed by atoms with E-state index in [4.69, 9.17) is 10.00 Å². The zero-order valence-corrected chi connectivity index (χ0v) is 18.2. The Balaban J connectivity index is 1.31. The van der Waals surface area contributed by atoms with E-state index in [0.29, 0.717) is 35.8 Å². The van der Waals surface area contributed by atoms with Gasteiger partial charge < -0.3 is 9.64 Å². The molecule has 1 fully saturated rings. The van der Waals surface area contributed by atoms with Crippen LogP contribution in [0.3, 0.4) is 0 Å². The number of hydrogen-bond acceptors (Lipinski definition) is 4. The highest BCUT2D eigenvalue weighted by molar-refractivity contribution is 5.96. The minimum absolute atomic E-state index is 0.0467. The van der Waals surface area contributed by atoms with Crippen LogP contribution in [0.25, 0.3) is 0 Å². The third-order valence-electron chi connectivity index (χ3n) is 5.86. The summed E-state index contributed by atoms with van der Waals surface area (Å²) in [7, 11) is 0. The lowest BCUT2D eigenvalue weighted by Crippen LogP contribution is -2.37. The SMILES string of the molecule is N#Cc1ccc(C2CCN(C(=O)c3cccc(NC(=O)OCc4ccccc4)c3)CC2)cc1. The number of carbonyl (C=O) groups excluding carboxylic acids is 2. The molecule has 6 nitrogen and oxygen atoms in total. The molecule has 0 atom stereocenters. The van der Waals surface area contributed by atoms with Gasteiger partial charge in [0.1, 0.15) is 6.61 Å². The number of likely N-dealkylation sites (tertiary alicyclic amines) is 1. The molecule has 0 aliphatic carbocycles. The molecule has 0 saturated carbocycles. The Morgan fingerprint density at radius 2 is 1.70 bits per heavy atom. The second-order valence-electron chi connectivity index (χ2n) is 8.07. The molecule has 3 aromatic carbocycles. The van der Waals surface area contributed by atoms with E-state index < -0.39 is 6.09 Å². The number of ether oxygens (including phenoxy) is 1. The molecule has 0 spiro atoms. The van der Waals surface area contributed by atoms with Crippen LogP contribution in [0.5, 0.6) is 0 Å². The normalized spacial score (nSPS) is 13.7. The molecule has 0 radical (unpaired) electrons. The van der Waals surface area contributed by atoms with Crippen LogP contribution in [-0.2, 0) is 11.3 Å². The van der Waals surface area contributed by atoms with Crippen molar-refractivity contribution in [3.8, 4) is 6.07 Å². The number of nitrogens with zero attached hydrogens (tertiary/aromatic N) is 2. The van der Waals surface area contributed by atoms with Gasteiger partial charge in [-0.3, -0.25) is 10.1 Å². The third kappa shape index (κ3) is 5.78. The van der Waals surface area contributed by atoms with Gasteiger partial charge in [-0.1, -0.05) is 48.5 Å². The van der Waals surface area contributed by atoms with Gasteiger partial charge in [-0.2, -0.15) is 5.26 Å². The molecule has 0 aromatic heterocycles. The van der Waals surface area contributed by atoms with Crippen molar-refractivity contribution in [2.24, 2.45) is 0 Å². The Hall–Kier alpha value is -4.11. The highest BCUT2D eigenvalue weighted by Gasteiger charge is 2.24. The third-order valence-corrected chi connectivity index (χ3v) is 5.86. The van der Waals surface area contributed by atoms with Gasteiger partial charge in [0, 0.05) is 24.3 Å². The van der Waals surface area contributed by atoms with Crippen molar-refractivity contribution < 1.29 is 14.3 Å². The fraction of sp³-hybridized carbons (Fsp3) is 0.222. The Bertz CT molecular complexity index is 1150. The second kappa shape index (κ2) is 10.5. The van der Waals surface area contributed by atoms with Crippen molar-refractivity contribution >= 4 is 17.7 Å². The predicted molar refractivity (Wildman–Crippen MR) is 126 cm³/mol. The second-order valence-corrected chi connectivity index (χ2v) is 8.07. The summed E-state index contributed by atoms with van der Waals surface area (Å²) in [5.74, 6) is 0.337. The zero-order valence-electron chi connectivity index (χ0n) is 18.2. The minimum Gasteiger partial charge on any atom is -0.444 e. The molecule has 166 valence electrons. The Morgan fingerprint density at radius 1 is 0.970 bits per heavy atom. The monoisotopic (exact) mass is 439 g/mol. The summed E-state index contributed by atoms with van der Waals surface area (Å²) >= 11 is 0. The van der Waals surface area contributed by atoms with Crippen LogP contribution in [0, 0.1) is 11.3 Å². The number of rotatable bonds is 5. The van der Waals surface area contributed by atoms with Crippen molar-refractivity contribution in [3.63, 3.8) is 0 Å². The van der Waals surface area contributed by atoms with Crippen molar-refractivity contribution in [1.82, 2.24) is 4.90 Å². The lowest BCUT2D eigenvalue weighted by molar-refractivity contribution is 0.0713. The van der Waals surface area contributed by atoms with Crippen LogP contribution in [0.2, 0.25) is 0 Å². The molecule has 1 heterocycles. The van der Waals surface area contributed by atoms with Gasteiger partial charge >= 0.3 is 6.09 Å². The van der Waals surface area contributed by atoms with E-state index in [2.05, 4.69) is 11.4 Å². The number of benzene rings is 3. The molecular formula is C27H25N3O3. The number of nitrogens with one attached hydrogen (secondary N) is 1. The number of carbonyl (C=O) groups is 2. The maximum absolute atomic E-state index is 13.0. The average molecular weight is 440 g/mol. The van der Waals surface area contributed by atoms with Crippen LogP contribution in [0.1, 0.15) is 45.8 Å². The van der Waals surface area contributed by atoms with E-state index in [0.717, 1.165) is 18.4 Å². The fourth-order valence-corrected chi connectivity index (χ4v) is 4.04. The van der Waals surface area contributed by atoms with Gasteiger partial charge in [0.25, 0.3) is 5.91 Å². The Morgan fingerprint density at radius 3 is 2.39 bits per heavy atom. The van der Waals surface area contributed by atoms with E-state index in [1.165, 1.54) is 5.56 Å². The van der Waals surface area contributed by atoms with E-state index in [1.807, 2.05) is 59.5 Å². The van der Waals surface area contributed by atoms with Gasteiger partial charge in [0.15, 0.2) is 0 Å². The molecule has 1 aliphatic heterocycles. The summed E-state index contributed by atoms with van der Waals surface area (Å²) in [4.78, 5) is 27.0. The summed E-state index contributed by atoms with van der Waals surface area (Å²) in [6.45, 7) is 1.51. The van der Waals surface area contributed by atoms with E-state index >= 15 is 0 Å². The quantitative estimate of drug-likeness (QED) is 0.583. The van der Waals surface area contributed by atoms with Crippen LogP contribution in [0.4, 0.5) is 10.5 Å². The summed E-state index contributed by atoms with van der Waals surface area (Å²) in [6, 6.07) is 26.2. The first-order chi connectivity index (χ1) is 16.1. The van der Waals surface area contributed by atoms with E-state index in [-0.39, 0.29) is 12.5 Å². The molecule has 1 saturated heterocycles. The average Bonchev–Trinajstić information content (AvgIpc) is 2.88. The molecule has 1 aliphatic rings. The standard InChI is InChI=1S/C27H25N3O3/c28-18-20-9-11-22(12-10-20)23-13-15-30(16-14-23)26(31)24-7-4-8-25(17-24)29-27(32)33-19-21-5-2-1-3-6-21/h1-12,17,23H,13-16,19H2,(H,29,32). The van der Waals surface area contributed by atoms with Crippen LogP contribution in [-0.4, -0.2) is 30.0 Å². The summed E-state index contributed by atoms with van der Waals surface area (Å²) in [5.41, 5.74) is 3.82. The maximum Gasteiger partial charge on any atom is 0.411 e. The molecule has 1 N–H and O–H groups in total. The van der Waals surface area contributed by atoms with Gasteiger partial charge in [-0.05, 0) is 60.2 Å². The largest absolute Gasteiger partial charge is 0.444 e. The molecule has 3 aromatic rings. The Kier molecular flexibility index (Phi) is 7.01. The van der Waals surface area contributed by atoms with Crippen molar-refractivity contribution in [2.75, 3.05) is 18.4 Å². The van der Waals surface area contributed by atoms with E-state index in [9.17, 15) is 9.59 Å². The molecule has 4 rings (SSSR count). The van der Waals surface area contributed by atoms with Gasteiger partial charge in [-0.15, -0.1) is 0 Å². The topological polar surface area (TPSA) is 82.4 Å². The molecule has 2 amide bonds. The first kappa shape index (κ1) is 22.1. The zero-order chi connectivity index (χ0) is 23.0. The molecule has 6 heteroatoms. The molecule has 0 unspecified atom stereocenters. The van der Waals surface area contributed by atoms with E-state index in [1.54, 1.807) is 24.3 Å². The predicted octanol–water partition coefficient (Wildman–Crippen LogP) is 5.33. The molecule has 0 bridgehead atoms. The van der Waals surface area contributed by atoms with Crippen LogP contribution >= 0.6 is 0 Å². The van der Waals surface area contributed by atoms with Crippen molar-refractivity contribution in [3.05, 3.63) is 101 Å². The highest BCUT2D eigenvalue weighted by Crippen LogP contribution is 2.29.